The van der Waals surface area contributed by atoms with Crippen molar-refractivity contribution in [2.45, 2.75) is 6.42 Å². The molecule has 0 aromatic rings. The largest absolute Gasteiger partial charge is 0.370 e. The van der Waals surface area contributed by atoms with E-state index < -0.39 is 21.8 Å². The summed E-state index contributed by atoms with van der Waals surface area (Å²) in [5, 5.41) is 0. The molecule has 7 heteroatoms. The van der Waals surface area contributed by atoms with Gasteiger partial charge in [-0.1, -0.05) is 0 Å². The minimum Gasteiger partial charge on any atom is -0.370 e. The molecule has 55 valence electrons. The summed E-state index contributed by atoms with van der Waals surface area (Å²) in [6, 6.07) is 0. The van der Waals surface area contributed by atoms with Crippen molar-refractivity contribution in [1.82, 2.24) is 0 Å². The van der Waals surface area contributed by atoms with Crippen LogP contribution in [0.15, 0.2) is 0 Å². The first kappa shape index (κ1) is 13.0. The molecule has 0 heterocycles. The molecule has 10 heavy (non-hydrogen) atoms. The number of carbonyl (C=O) groups excluding carboxylic acids is 1. The average molecular weight is 176 g/mol. The second-order valence-corrected chi connectivity index (χ2v) is 3.07. The minimum atomic E-state index is -4.02. The summed E-state index contributed by atoms with van der Waals surface area (Å²) in [5.74, 6) is -1.34. The molecule has 0 fully saturated rings. The van der Waals surface area contributed by atoms with Crippen molar-refractivity contribution >= 4 is 45.6 Å². The molecule has 0 spiro atoms. The second kappa shape index (κ2) is 5.09. The van der Waals surface area contributed by atoms with E-state index in [9.17, 15) is 13.2 Å². The summed E-state index contributed by atoms with van der Waals surface area (Å²) in [6.07, 6.45) is -0.334. The molecule has 0 aliphatic rings. The Morgan fingerprint density at radius 1 is 1.50 bits per heavy atom. The van der Waals surface area contributed by atoms with E-state index in [1.54, 1.807) is 0 Å². The normalized spacial score (nSPS) is 10.1. The number of amides is 1. The third-order valence-electron chi connectivity index (χ3n) is 0.606. The van der Waals surface area contributed by atoms with Crippen LogP contribution in [-0.4, -0.2) is 54.2 Å². The van der Waals surface area contributed by atoms with Gasteiger partial charge >= 0.3 is 0 Å². The molecule has 0 aliphatic heterocycles. The van der Waals surface area contributed by atoms with E-state index in [-0.39, 0.29) is 36.0 Å². The number of hydrogen-bond acceptors (Lipinski definition) is 3. The number of rotatable bonds is 3. The molecule has 0 aromatic heterocycles. The SMILES string of the molecule is NC(=O)CCS(=O)(=O)O.[Na]. The van der Waals surface area contributed by atoms with Crippen LogP contribution < -0.4 is 5.73 Å². The van der Waals surface area contributed by atoms with E-state index in [0.29, 0.717) is 0 Å². The third kappa shape index (κ3) is 11.2. The van der Waals surface area contributed by atoms with E-state index in [1.165, 1.54) is 0 Å². The van der Waals surface area contributed by atoms with Crippen LogP contribution in [0.1, 0.15) is 6.42 Å². The fraction of sp³-hybridized carbons (Fsp3) is 0.667. The maximum Gasteiger partial charge on any atom is 0.265 e. The zero-order valence-electron chi connectivity index (χ0n) is 5.57. The van der Waals surface area contributed by atoms with Gasteiger partial charge in [0.1, 0.15) is 0 Å². The van der Waals surface area contributed by atoms with Crippen molar-refractivity contribution < 1.29 is 17.8 Å². The van der Waals surface area contributed by atoms with Crippen LogP contribution in [0.25, 0.3) is 0 Å². The quantitative estimate of drug-likeness (QED) is 0.398. The van der Waals surface area contributed by atoms with Crippen LogP contribution in [0.5, 0.6) is 0 Å². The first-order valence-electron chi connectivity index (χ1n) is 2.15. The molecular formula is C3H7NNaO4S. The summed E-state index contributed by atoms with van der Waals surface area (Å²) in [7, 11) is -4.02. The van der Waals surface area contributed by atoms with Gasteiger partial charge in [-0.2, -0.15) is 8.42 Å². The van der Waals surface area contributed by atoms with E-state index >= 15 is 0 Å². The molecule has 0 unspecified atom stereocenters. The van der Waals surface area contributed by atoms with Crippen molar-refractivity contribution in [1.29, 1.82) is 0 Å². The average Bonchev–Trinajstić information content (AvgIpc) is 1.59. The van der Waals surface area contributed by atoms with E-state index in [4.69, 9.17) is 4.55 Å². The van der Waals surface area contributed by atoms with Crippen LogP contribution >= 0.6 is 0 Å². The summed E-state index contributed by atoms with van der Waals surface area (Å²) in [4.78, 5) is 9.89. The van der Waals surface area contributed by atoms with E-state index in [1.807, 2.05) is 0 Å². The van der Waals surface area contributed by atoms with Crippen molar-refractivity contribution in [3.8, 4) is 0 Å². The van der Waals surface area contributed by atoms with Gasteiger partial charge in [0.05, 0.1) is 5.75 Å². The van der Waals surface area contributed by atoms with Crippen LogP contribution in [0.3, 0.4) is 0 Å². The predicted molar refractivity (Wildman–Crippen MR) is 36.0 cm³/mol. The van der Waals surface area contributed by atoms with E-state index in [0.717, 1.165) is 0 Å². The minimum absolute atomic E-state index is 0. The number of nitrogens with two attached hydrogens (primary N) is 1. The van der Waals surface area contributed by atoms with Gasteiger partial charge in [-0.25, -0.2) is 0 Å². The van der Waals surface area contributed by atoms with E-state index in [2.05, 4.69) is 5.73 Å². The molecule has 1 amide bonds. The maximum absolute atomic E-state index is 9.89. The molecule has 5 nitrogen and oxygen atoms in total. The molecule has 0 bridgehead atoms. The zero-order chi connectivity index (χ0) is 7.49. The monoisotopic (exact) mass is 176 g/mol. The van der Waals surface area contributed by atoms with Crippen LogP contribution in [0.4, 0.5) is 0 Å². The van der Waals surface area contributed by atoms with Gasteiger partial charge in [-0.3, -0.25) is 9.35 Å². The standard InChI is InChI=1S/C3H7NO4S.Na/c4-3(5)1-2-9(6,7)8;/h1-2H2,(H2,4,5)(H,6,7,8);. The molecule has 0 aliphatic carbocycles. The topological polar surface area (TPSA) is 97.5 Å². The molecule has 0 aromatic carbocycles. The Labute approximate surface area is 81.0 Å². The van der Waals surface area contributed by atoms with Gasteiger partial charge in [0.2, 0.25) is 5.91 Å². The zero-order valence-corrected chi connectivity index (χ0v) is 8.39. The summed E-state index contributed by atoms with van der Waals surface area (Å²) < 4.78 is 27.8. The Morgan fingerprint density at radius 2 is 1.90 bits per heavy atom. The van der Waals surface area contributed by atoms with Gasteiger partial charge in [-0.05, 0) is 0 Å². The summed E-state index contributed by atoms with van der Waals surface area (Å²) >= 11 is 0. The number of carbonyl (C=O) groups is 1. The number of hydrogen-bond donors (Lipinski definition) is 2. The smallest absolute Gasteiger partial charge is 0.265 e. The maximum atomic E-state index is 9.89. The predicted octanol–water partition coefficient (Wildman–Crippen LogP) is -1.63. The van der Waals surface area contributed by atoms with Gasteiger partial charge < -0.3 is 5.73 Å². The number of primary amides is 1. The Kier molecular flexibility index (Phi) is 6.61. The van der Waals surface area contributed by atoms with Crippen LogP contribution in [-0.2, 0) is 14.9 Å². The van der Waals surface area contributed by atoms with Crippen LogP contribution in [0, 0.1) is 0 Å². The summed E-state index contributed by atoms with van der Waals surface area (Å²) in [5.41, 5.74) is 4.59. The van der Waals surface area contributed by atoms with Crippen molar-refractivity contribution in [3.05, 3.63) is 0 Å². The van der Waals surface area contributed by atoms with Gasteiger partial charge in [0, 0.05) is 36.0 Å². The third-order valence-corrected chi connectivity index (χ3v) is 1.33. The molecule has 0 saturated heterocycles. The van der Waals surface area contributed by atoms with Crippen molar-refractivity contribution in [3.63, 3.8) is 0 Å². The summed E-state index contributed by atoms with van der Waals surface area (Å²) in [6.45, 7) is 0. The molecule has 3 N–H and O–H groups in total. The second-order valence-electron chi connectivity index (χ2n) is 1.50. The molecular weight excluding hydrogens is 169 g/mol. The Morgan fingerprint density at radius 3 is 2.00 bits per heavy atom. The molecule has 0 atom stereocenters. The first-order chi connectivity index (χ1) is 3.92. The Balaban J connectivity index is 0. The molecule has 1 radical (unpaired) electrons. The molecule has 0 saturated carbocycles. The van der Waals surface area contributed by atoms with Gasteiger partial charge in [-0.15, -0.1) is 0 Å². The fourth-order valence-corrected chi connectivity index (χ4v) is 0.689. The van der Waals surface area contributed by atoms with Crippen molar-refractivity contribution in [2.75, 3.05) is 5.75 Å². The van der Waals surface area contributed by atoms with Gasteiger partial charge in [0.25, 0.3) is 10.1 Å². The first-order valence-corrected chi connectivity index (χ1v) is 3.76. The Hall–Kier alpha value is 0.380. The van der Waals surface area contributed by atoms with Crippen LogP contribution in [0.2, 0.25) is 0 Å². The van der Waals surface area contributed by atoms with Crippen molar-refractivity contribution in [2.24, 2.45) is 5.73 Å². The molecule has 0 rings (SSSR count). The van der Waals surface area contributed by atoms with Gasteiger partial charge in [0.15, 0.2) is 0 Å². The Bertz CT molecular complexity index is 199. The fourth-order valence-electron chi connectivity index (χ4n) is 0.230.